The van der Waals surface area contributed by atoms with Crippen LogP contribution in [0.5, 0.6) is 11.5 Å². The molecule has 1 aliphatic heterocycles. The topological polar surface area (TPSA) is 33.7 Å². The Kier molecular flexibility index (Phi) is 6.16. The number of benzene rings is 2. The lowest BCUT2D eigenvalue weighted by Crippen LogP contribution is -2.30. The quantitative estimate of drug-likeness (QED) is 0.651. The standard InChI is InChI=1S/C24H29FN2O2/c1-27(2)12-11-26-14-19-16-29-23-10-9-21(28-15-17-3-4-17)13-22(23)24(19)18-5-7-20(25)8-6-18/h5-10,13,17,26H,3-4,11-12,14-16H2,1-2H3. The molecule has 154 valence electrons. The summed E-state index contributed by atoms with van der Waals surface area (Å²) in [4.78, 5) is 2.15. The van der Waals surface area contributed by atoms with Gasteiger partial charge in [-0.3, -0.25) is 0 Å². The van der Waals surface area contributed by atoms with Gasteiger partial charge in [0.1, 0.15) is 23.9 Å². The van der Waals surface area contributed by atoms with E-state index in [0.717, 1.165) is 54.4 Å². The molecular formula is C24H29FN2O2. The van der Waals surface area contributed by atoms with Crippen molar-refractivity contribution < 1.29 is 13.9 Å². The highest BCUT2D eigenvalue weighted by Crippen LogP contribution is 2.40. The van der Waals surface area contributed by atoms with Crippen LogP contribution in [0, 0.1) is 11.7 Å². The van der Waals surface area contributed by atoms with Crippen molar-refractivity contribution in [1.82, 2.24) is 10.2 Å². The molecular weight excluding hydrogens is 367 g/mol. The van der Waals surface area contributed by atoms with Crippen LogP contribution in [0.1, 0.15) is 24.0 Å². The first-order valence-corrected chi connectivity index (χ1v) is 10.3. The minimum atomic E-state index is -0.228. The van der Waals surface area contributed by atoms with Crippen molar-refractivity contribution in [3.63, 3.8) is 0 Å². The lowest BCUT2D eigenvalue weighted by molar-refractivity contribution is 0.297. The van der Waals surface area contributed by atoms with Crippen molar-refractivity contribution in [1.29, 1.82) is 0 Å². The summed E-state index contributed by atoms with van der Waals surface area (Å²) in [5, 5.41) is 3.51. The minimum Gasteiger partial charge on any atom is -0.493 e. The molecule has 5 heteroatoms. The van der Waals surface area contributed by atoms with E-state index in [1.165, 1.54) is 30.5 Å². The third-order valence-corrected chi connectivity index (χ3v) is 5.37. The number of halogens is 1. The van der Waals surface area contributed by atoms with E-state index < -0.39 is 0 Å². The van der Waals surface area contributed by atoms with Gasteiger partial charge >= 0.3 is 0 Å². The molecule has 4 rings (SSSR count). The van der Waals surface area contributed by atoms with E-state index in [2.05, 4.69) is 30.4 Å². The molecule has 4 nitrogen and oxygen atoms in total. The molecule has 2 aromatic rings. The molecule has 1 N–H and O–H groups in total. The highest BCUT2D eigenvalue weighted by atomic mass is 19.1. The fraction of sp³-hybridized carbons (Fsp3) is 0.417. The maximum absolute atomic E-state index is 13.5. The Balaban J connectivity index is 1.63. The van der Waals surface area contributed by atoms with E-state index in [-0.39, 0.29) is 5.82 Å². The number of likely N-dealkylation sites (N-methyl/N-ethyl adjacent to an activating group) is 1. The van der Waals surface area contributed by atoms with Gasteiger partial charge in [0.15, 0.2) is 0 Å². The fourth-order valence-electron chi connectivity index (χ4n) is 3.50. The number of ether oxygens (including phenoxy) is 2. The van der Waals surface area contributed by atoms with Gasteiger partial charge in [0.25, 0.3) is 0 Å². The van der Waals surface area contributed by atoms with E-state index in [4.69, 9.17) is 9.47 Å². The minimum absolute atomic E-state index is 0.228. The predicted octanol–water partition coefficient (Wildman–Crippen LogP) is 3.96. The molecule has 0 radical (unpaired) electrons. The third-order valence-electron chi connectivity index (χ3n) is 5.37. The summed E-state index contributed by atoms with van der Waals surface area (Å²) in [7, 11) is 4.13. The van der Waals surface area contributed by atoms with E-state index >= 15 is 0 Å². The third kappa shape index (κ3) is 5.17. The molecule has 29 heavy (non-hydrogen) atoms. The van der Waals surface area contributed by atoms with Gasteiger partial charge < -0.3 is 19.7 Å². The summed E-state index contributed by atoms with van der Waals surface area (Å²) in [6, 6.07) is 12.7. The Hall–Kier alpha value is -2.37. The molecule has 1 aliphatic carbocycles. The highest BCUT2D eigenvalue weighted by Gasteiger charge is 2.24. The van der Waals surface area contributed by atoms with Crippen LogP contribution in [0.4, 0.5) is 4.39 Å². The van der Waals surface area contributed by atoms with E-state index in [1.807, 2.05) is 24.3 Å². The van der Waals surface area contributed by atoms with Gasteiger partial charge in [-0.15, -0.1) is 0 Å². The molecule has 0 amide bonds. The summed E-state index contributed by atoms with van der Waals surface area (Å²) in [5.41, 5.74) is 4.29. The van der Waals surface area contributed by atoms with Crippen molar-refractivity contribution in [2.24, 2.45) is 5.92 Å². The van der Waals surface area contributed by atoms with Crippen molar-refractivity contribution in [2.75, 3.05) is 46.9 Å². The smallest absolute Gasteiger partial charge is 0.127 e. The Labute approximate surface area is 172 Å². The average Bonchev–Trinajstić information content (AvgIpc) is 3.54. The zero-order valence-corrected chi connectivity index (χ0v) is 17.2. The normalized spacial score (nSPS) is 16.0. The number of rotatable bonds is 9. The van der Waals surface area contributed by atoms with Crippen LogP contribution in [0.15, 0.2) is 48.0 Å². The van der Waals surface area contributed by atoms with Crippen LogP contribution < -0.4 is 14.8 Å². The first-order chi connectivity index (χ1) is 14.1. The SMILES string of the molecule is CN(C)CCNCC1=C(c2ccc(F)cc2)c2cc(OCC3CC3)ccc2OC1. The van der Waals surface area contributed by atoms with Crippen molar-refractivity contribution in [2.45, 2.75) is 12.8 Å². The largest absolute Gasteiger partial charge is 0.493 e. The molecule has 1 saturated carbocycles. The molecule has 0 bridgehead atoms. The number of nitrogens with zero attached hydrogens (tertiary/aromatic N) is 1. The van der Waals surface area contributed by atoms with Crippen LogP contribution >= 0.6 is 0 Å². The second-order valence-electron chi connectivity index (χ2n) is 8.17. The van der Waals surface area contributed by atoms with Gasteiger partial charge in [-0.05, 0) is 79.9 Å². The number of nitrogens with one attached hydrogen (secondary N) is 1. The van der Waals surface area contributed by atoms with Gasteiger partial charge in [-0.1, -0.05) is 12.1 Å². The molecule has 2 aliphatic rings. The highest BCUT2D eigenvalue weighted by molar-refractivity contribution is 5.87. The molecule has 0 saturated heterocycles. The van der Waals surface area contributed by atoms with E-state index in [0.29, 0.717) is 12.5 Å². The average molecular weight is 397 g/mol. The van der Waals surface area contributed by atoms with Crippen molar-refractivity contribution in [3.8, 4) is 11.5 Å². The lowest BCUT2D eigenvalue weighted by Gasteiger charge is -2.26. The molecule has 0 atom stereocenters. The fourth-order valence-corrected chi connectivity index (χ4v) is 3.50. The maximum Gasteiger partial charge on any atom is 0.127 e. The second kappa shape index (κ2) is 8.97. The van der Waals surface area contributed by atoms with Gasteiger partial charge in [0, 0.05) is 25.2 Å². The Morgan fingerprint density at radius 1 is 1.14 bits per heavy atom. The zero-order valence-electron chi connectivity index (χ0n) is 17.2. The monoisotopic (exact) mass is 396 g/mol. The Morgan fingerprint density at radius 2 is 1.93 bits per heavy atom. The number of hydrogen-bond acceptors (Lipinski definition) is 4. The molecule has 0 aromatic heterocycles. The number of hydrogen-bond donors (Lipinski definition) is 1. The number of fused-ring (bicyclic) bond motifs is 1. The van der Waals surface area contributed by atoms with Gasteiger partial charge in [0.2, 0.25) is 0 Å². The van der Waals surface area contributed by atoms with Crippen molar-refractivity contribution in [3.05, 3.63) is 65.0 Å². The van der Waals surface area contributed by atoms with Crippen LogP contribution in [0.25, 0.3) is 5.57 Å². The molecule has 0 spiro atoms. The van der Waals surface area contributed by atoms with E-state index in [9.17, 15) is 4.39 Å². The predicted molar refractivity (Wildman–Crippen MR) is 114 cm³/mol. The maximum atomic E-state index is 13.5. The molecule has 1 fully saturated rings. The first-order valence-electron chi connectivity index (χ1n) is 10.3. The van der Waals surface area contributed by atoms with Crippen LogP contribution in [0.3, 0.4) is 0 Å². The molecule has 1 heterocycles. The summed E-state index contributed by atoms with van der Waals surface area (Å²) >= 11 is 0. The summed E-state index contributed by atoms with van der Waals surface area (Å²) in [5.74, 6) is 2.18. The Morgan fingerprint density at radius 3 is 2.66 bits per heavy atom. The summed E-state index contributed by atoms with van der Waals surface area (Å²) in [6.07, 6.45) is 2.52. The van der Waals surface area contributed by atoms with Crippen LogP contribution in [-0.2, 0) is 0 Å². The van der Waals surface area contributed by atoms with Gasteiger partial charge in [0.05, 0.1) is 6.61 Å². The zero-order chi connectivity index (χ0) is 20.2. The summed E-state index contributed by atoms with van der Waals surface area (Å²) < 4.78 is 25.6. The lowest BCUT2D eigenvalue weighted by atomic mass is 9.90. The molecule has 0 unspecified atom stereocenters. The van der Waals surface area contributed by atoms with E-state index in [1.54, 1.807) is 0 Å². The van der Waals surface area contributed by atoms with Crippen LogP contribution in [0.2, 0.25) is 0 Å². The van der Waals surface area contributed by atoms with Crippen molar-refractivity contribution >= 4 is 5.57 Å². The second-order valence-corrected chi connectivity index (χ2v) is 8.17. The molecule has 2 aromatic carbocycles. The van der Waals surface area contributed by atoms with Gasteiger partial charge in [-0.25, -0.2) is 4.39 Å². The van der Waals surface area contributed by atoms with Gasteiger partial charge in [-0.2, -0.15) is 0 Å². The Bertz CT molecular complexity index is 873. The van der Waals surface area contributed by atoms with Crippen LogP contribution in [-0.4, -0.2) is 51.8 Å². The first kappa shape index (κ1) is 19.9. The summed E-state index contributed by atoms with van der Waals surface area (Å²) in [6.45, 7) is 3.89.